The highest BCUT2D eigenvalue weighted by molar-refractivity contribution is 5.94. The average molecular weight is 315 g/mol. The Balaban J connectivity index is 1.86. The average Bonchev–Trinajstić information content (AvgIpc) is 2.97. The second-order valence-corrected chi connectivity index (χ2v) is 5.46. The minimum absolute atomic E-state index is 0.173. The van der Waals surface area contributed by atoms with Crippen molar-refractivity contribution in [3.05, 3.63) is 24.3 Å². The molecule has 1 atom stereocenters. The zero-order valence-electron chi connectivity index (χ0n) is 12.2. The highest BCUT2D eigenvalue weighted by Crippen LogP contribution is 2.24. The molecule has 1 aliphatic heterocycles. The fraction of sp³-hybridized carbons (Fsp3) is 0.533. The summed E-state index contributed by atoms with van der Waals surface area (Å²) in [5, 5.41) is 8.23. The summed E-state index contributed by atoms with van der Waals surface area (Å²) in [6.07, 6.45) is -2.07. The maximum absolute atomic E-state index is 12.3. The van der Waals surface area contributed by atoms with E-state index in [1.807, 2.05) is 0 Å². The van der Waals surface area contributed by atoms with Gasteiger partial charge in [0.2, 0.25) is 5.91 Å². The molecular formula is C15H20F3N3O. The maximum atomic E-state index is 12.3. The summed E-state index contributed by atoms with van der Waals surface area (Å²) in [6, 6.07) is 6.41. The largest absolute Gasteiger partial charge is 0.405 e. The van der Waals surface area contributed by atoms with Crippen LogP contribution in [-0.4, -0.2) is 31.7 Å². The van der Waals surface area contributed by atoms with Gasteiger partial charge in [-0.3, -0.25) is 4.79 Å². The highest BCUT2D eigenvalue weighted by atomic mass is 19.4. The van der Waals surface area contributed by atoms with Gasteiger partial charge in [-0.15, -0.1) is 0 Å². The molecule has 1 heterocycles. The van der Waals surface area contributed by atoms with Crippen molar-refractivity contribution >= 4 is 17.3 Å². The summed E-state index contributed by atoms with van der Waals surface area (Å²) in [7, 11) is 0. The lowest BCUT2D eigenvalue weighted by Crippen LogP contribution is -2.22. The number of alkyl halides is 3. The zero-order valence-corrected chi connectivity index (χ0v) is 12.2. The van der Waals surface area contributed by atoms with Gasteiger partial charge in [0.25, 0.3) is 0 Å². The summed E-state index contributed by atoms with van der Waals surface area (Å²) in [4.78, 5) is 11.9. The van der Waals surface area contributed by atoms with Crippen LogP contribution in [0.4, 0.5) is 24.5 Å². The monoisotopic (exact) mass is 315 g/mol. The molecule has 0 aliphatic carbocycles. The number of nitrogens with one attached hydrogen (secondary N) is 3. The van der Waals surface area contributed by atoms with Crippen LogP contribution in [0.15, 0.2) is 24.3 Å². The lowest BCUT2D eigenvalue weighted by Gasteiger charge is -2.15. The molecule has 1 aliphatic rings. The van der Waals surface area contributed by atoms with Crippen molar-refractivity contribution in [1.82, 2.24) is 5.32 Å². The van der Waals surface area contributed by atoms with Gasteiger partial charge in [0.05, 0.1) is 11.4 Å². The van der Waals surface area contributed by atoms with Crippen LogP contribution in [0.5, 0.6) is 0 Å². The van der Waals surface area contributed by atoms with Gasteiger partial charge in [0.15, 0.2) is 0 Å². The van der Waals surface area contributed by atoms with E-state index in [0.29, 0.717) is 18.0 Å². The van der Waals surface area contributed by atoms with Crippen molar-refractivity contribution in [2.45, 2.75) is 25.4 Å². The van der Waals surface area contributed by atoms with Crippen molar-refractivity contribution < 1.29 is 18.0 Å². The second-order valence-electron chi connectivity index (χ2n) is 5.46. The molecule has 1 unspecified atom stereocenters. The Kier molecular flexibility index (Phi) is 5.65. The van der Waals surface area contributed by atoms with Crippen LogP contribution in [0, 0.1) is 5.92 Å². The molecule has 122 valence electrons. The number of amides is 1. The molecule has 1 saturated heterocycles. The minimum Gasteiger partial charge on any atom is -0.375 e. The van der Waals surface area contributed by atoms with E-state index >= 15 is 0 Å². The standard InChI is InChI=1S/C15H20F3N3O/c16-15(17,18)10-20-12-3-1-2-4-13(12)21-14(22)6-5-11-7-8-19-9-11/h1-4,11,19-20H,5-10H2,(H,21,22). The van der Waals surface area contributed by atoms with Crippen molar-refractivity contribution in [2.24, 2.45) is 5.92 Å². The number of anilines is 2. The zero-order chi connectivity index (χ0) is 16.0. The Morgan fingerprint density at radius 3 is 2.64 bits per heavy atom. The Morgan fingerprint density at radius 1 is 1.27 bits per heavy atom. The first-order valence-corrected chi connectivity index (χ1v) is 7.34. The SMILES string of the molecule is O=C(CCC1CCNC1)Nc1ccccc1NCC(F)(F)F. The van der Waals surface area contributed by atoms with Gasteiger partial charge in [0.1, 0.15) is 6.54 Å². The van der Waals surface area contributed by atoms with Crippen LogP contribution in [0.2, 0.25) is 0 Å². The van der Waals surface area contributed by atoms with E-state index < -0.39 is 12.7 Å². The third-order valence-corrected chi connectivity index (χ3v) is 3.62. The molecular weight excluding hydrogens is 295 g/mol. The molecule has 0 aromatic heterocycles. The molecule has 7 heteroatoms. The topological polar surface area (TPSA) is 53.2 Å². The lowest BCUT2D eigenvalue weighted by atomic mass is 10.0. The van der Waals surface area contributed by atoms with E-state index in [0.717, 1.165) is 25.9 Å². The first-order chi connectivity index (χ1) is 10.4. The first-order valence-electron chi connectivity index (χ1n) is 7.34. The highest BCUT2D eigenvalue weighted by Gasteiger charge is 2.27. The van der Waals surface area contributed by atoms with Gasteiger partial charge < -0.3 is 16.0 Å². The fourth-order valence-electron chi connectivity index (χ4n) is 2.45. The van der Waals surface area contributed by atoms with Gasteiger partial charge in [-0.2, -0.15) is 13.2 Å². The Labute approximate surface area is 127 Å². The molecule has 0 spiro atoms. The van der Waals surface area contributed by atoms with Gasteiger partial charge in [0, 0.05) is 6.42 Å². The summed E-state index contributed by atoms with van der Waals surface area (Å²) in [5.74, 6) is 0.331. The molecule has 4 nitrogen and oxygen atoms in total. The molecule has 1 amide bonds. The summed E-state index contributed by atoms with van der Waals surface area (Å²) >= 11 is 0. The van der Waals surface area contributed by atoms with Crippen LogP contribution in [0.25, 0.3) is 0 Å². The third-order valence-electron chi connectivity index (χ3n) is 3.62. The Hall–Kier alpha value is -1.76. The first kappa shape index (κ1) is 16.6. The number of halogens is 3. The number of hydrogen-bond donors (Lipinski definition) is 3. The molecule has 3 N–H and O–H groups in total. The molecule has 1 aromatic carbocycles. The van der Waals surface area contributed by atoms with Crippen molar-refractivity contribution in [3.8, 4) is 0 Å². The lowest BCUT2D eigenvalue weighted by molar-refractivity contribution is -0.116. The second kappa shape index (κ2) is 7.49. The molecule has 0 radical (unpaired) electrons. The maximum Gasteiger partial charge on any atom is 0.405 e. The van der Waals surface area contributed by atoms with E-state index in [9.17, 15) is 18.0 Å². The quantitative estimate of drug-likeness (QED) is 0.756. The van der Waals surface area contributed by atoms with Crippen molar-refractivity contribution in [1.29, 1.82) is 0 Å². The number of benzene rings is 1. The predicted molar refractivity (Wildman–Crippen MR) is 79.8 cm³/mol. The Morgan fingerprint density at radius 2 is 2.00 bits per heavy atom. The van der Waals surface area contributed by atoms with Crippen LogP contribution >= 0.6 is 0 Å². The van der Waals surface area contributed by atoms with E-state index in [1.54, 1.807) is 18.2 Å². The van der Waals surface area contributed by atoms with Crippen LogP contribution in [0.1, 0.15) is 19.3 Å². The van der Waals surface area contributed by atoms with Crippen molar-refractivity contribution in [3.63, 3.8) is 0 Å². The summed E-state index contributed by atoms with van der Waals surface area (Å²) in [5.41, 5.74) is 0.650. The third kappa shape index (κ3) is 5.55. The van der Waals surface area contributed by atoms with Crippen LogP contribution in [0.3, 0.4) is 0 Å². The minimum atomic E-state index is -4.30. The van der Waals surface area contributed by atoms with Crippen molar-refractivity contribution in [2.75, 3.05) is 30.3 Å². The van der Waals surface area contributed by atoms with E-state index in [-0.39, 0.29) is 11.6 Å². The van der Waals surface area contributed by atoms with E-state index in [4.69, 9.17) is 0 Å². The smallest absolute Gasteiger partial charge is 0.375 e. The number of para-hydroxylation sites is 2. The van der Waals surface area contributed by atoms with E-state index in [1.165, 1.54) is 6.07 Å². The molecule has 2 rings (SSSR count). The summed E-state index contributed by atoms with van der Waals surface area (Å²) in [6.45, 7) is 0.779. The summed E-state index contributed by atoms with van der Waals surface area (Å²) < 4.78 is 36.8. The number of carbonyl (C=O) groups excluding carboxylic acids is 1. The Bertz CT molecular complexity index is 499. The van der Waals surface area contributed by atoms with Gasteiger partial charge >= 0.3 is 6.18 Å². The van der Waals surface area contributed by atoms with Crippen LogP contribution in [-0.2, 0) is 4.79 Å². The molecule has 22 heavy (non-hydrogen) atoms. The number of rotatable bonds is 6. The molecule has 0 bridgehead atoms. The normalized spacial score (nSPS) is 18.2. The molecule has 0 saturated carbocycles. The molecule has 1 aromatic rings. The van der Waals surface area contributed by atoms with Gasteiger partial charge in [-0.25, -0.2) is 0 Å². The fourth-order valence-corrected chi connectivity index (χ4v) is 2.45. The number of carbonyl (C=O) groups is 1. The number of hydrogen-bond acceptors (Lipinski definition) is 3. The van der Waals surface area contributed by atoms with Gasteiger partial charge in [-0.05, 0) is 44.0 Å². The van der Waals surface area contributed by atoms with Crippen LogP contribution < -0.4 is 16.0 Å². The van der Waals surface area contributed by atoms with E-state index in [2.05, 4.69) is 16.0 Å². The molecule has 1 fully saturated rings. The predicted octanol–water partition coefficient (Wildman–Crippen LogP) is 2.99. The van der Waals surface area contributed by atoms with Gasteiger partial charge in [-0.1, -0.05) is 12.1 Å².